The quantitative estimate of drug-likeness (QED) is 0.391. The molecule has 1 aliphatic rings. The van der Waals surface area contributed by atoms with Crippen LogP contribution in [0.15, 0.2) is 24.3 Å². The number of ether oxygens (including phenoxy) is 2. The number of alkyl halides is 6. The number of thioether (sulfide) groups is 1. The molecule has 4 atom stereocenters. The number of hydrogen-bond donors (Lipinski definition) is 2. The largest absolute Gasteiger partial charge is 0.417 e. The Balaban J connectivity index is 2.08. The van der Waals surface area contributed by atoms with Gasteiger partial charge in [0.15, 0.2) is 11.3 Å². The first-order chi connectivity index (χ1) is 13.8. The fraction of sp³-hybridized carbons (Fsp3) is 0.611. The Kier molecular flexibility index (Phi) is 8.05. The highest BCUT2D eigenvalue weighted by Crippen LogP contribution is 2.36. The first kappa shape index (κ1) is 24.8. The topological polar surface area (TPSA) is 65.8 Å². The van der Waals surface area contributed by atoms with Gasteiger partial charge in [-0.3, -0.25) is 5.41 Å². The Hall–Kier alpha value is -1.50. The van der Waals surface area contributed by atoms with Crippen LogP contribution in [0.1, 0.15) is 24.0 Å². The molecular weight excluding hydrogens is 438 g/mol. The van der Waals surface area contributed by atoms with E-state index in [0.717, 1.165) is 36.0 Å². The van der Waals surface area contributed by atoms with Crippen LogP contribution in [0.3, 0.4) is 0 Å². The number of aliphatic hydroxyl groups is 1. The summed E-state index contributed by atoms with van der Waals surface area (Å²) in [5, 5.41) is 17.8. The highest BCUT2D eigenvalue weighted by atomic mass is 32.2. The maximum Gasteiger partial charge on any atom is 0.417 e. The number of benzene rings is 1. The molecule has 30 heavy (non-hydrogen) atoms. The van der Waals surface area contributed by atoms with E-state index >= 15 is 0 Å². The zero-order valence-electron chi connectivity index (χ0n) is 16.1. The van der Waals surface area contributed by atoms with E-state index in [1.807, 2.05) is 0 Å². The van der Waals surface area contributed by atoms with Crippen molar-refractivity contribution in [3.63, 3.8) is 0 Å². The van der Waals surface area contributed by atoms with Gasteiger partial charge >= 0.3 is 12.4 Å². The van der Waals surface area contributed by atoms with Gasteiger partial charge in [0.25, 0.3) is 0 Å². The third-order valence-electron chi connectivity index (χ3n) is 4.32. The number of halogens is 6. The second-order valence-corrected chi connectivity index (χ2v) is 8.16. The lowest BCUT2D eigenvalue weighted by molar-refractivity contribution is -0.266. The van der Waals surface area contributed by atoms with Gasteiger partial charge in [-0.05, 0) is 17.7 Å². The Bertz CT molecular complexity index is 711. The van der Waals surface area contributed by atoms with Crippen molar-refractivity contribution < 1.29 is 40.9 Å². The summed E-state index contributed by atoms with van der Waals surface area (Å²) in [6.07, 6.45) is -14.6. The maximum atomic E-state index is 13.6. The number of hydrogen-bond acceptors (Lipinski definition) is 5. The third kappa shape index (κ3) is 7.03. The van der Waals surface area contributed by atoms with E-state index in [9.17, 15) is 31.4 Å². The van der Waals surface area contributed by atoms with Gasteiger partial charge in [0.2, 0.25) is 0 Å². The molecule has 0 spiro atoms. The molecule has 0 amide bonds. The standard InChI is InChI=1S/C18H22F6N2O3S/c1-26(2)16(25)30-14-8-12(27)7-13(29-14)15(18(22,23)24)28-9-10-3-5-11(6-4-10)17(19,20)21/h3-6,12-15,25,27H,7-9H2,1-2H3/t12-,13-,14?,15+/m0/s1. The summed E-state index contributed by atoms with van der Waals surface area (Å²) in [6, 6.07) is 3.62. The van der Waals surface area contributed by atoms with E-state index in [1.54, 1.807) is 14.1 Å². The zero-order chi connectivity index (χ0) is 22.7. The van der Waals surface area contributed by atoms with E-state index in [4.69, 9.17) is 14.9 Å². The van der Waals surface area contributed by atoms with Crippen molar-refractivity contribution in [3.05, 3.63) is 35.4 Å². The molecule has 0 bridgehead atoms. The Morgan fingerprint density at radius 1 is 1.20 bits per heavy atom. The van der Waals surface area contributed by atoms with Crippen LogP contribution in [0.2, 0.25) is 0 Å². The minimum Gasteiger partial charge on any atom is -0.393 e. The lowest BCUT2D eigenvalue weighted by Gasteiger charge is -2.37. The minimum absolute atomic E-state index is 0.0564. The van der Waals surface area contributed by atoms with E-state index in [2.05, 4.69) is 0 Å². The molecule has 1 heterocycles. The molecule has 1 fully saturated rings. The molecular formula is C18H22F6N2O3S. The number of rotatable bonds is 5. The van der Waals surface area contributed by atoms with Crippen LogP contribution in [0.25, 0.3) is 0 Å². The smallest absolute Gasteiger partial charge is 0.393 e. The summed E-state index contributed by atoms with van der Waals surface area (Å²) >= 11 is 0.880. The summed E-state index contributed by atoms with van der Waals surface area (Å²) in [7, 11) is 3.19. The average molecular weight is 460 g/mol. The minimum atomic E-state index is -4.82. The summed E-state index contributed by atoms with van der Waals surface area (Å²) in [4.78, 5) is 1.45. The third-order valence-corrected chi connectivity index (χ3v) is 5.47. The molecule has 5 nitrogen and oxygen atoms in total. The van der Waals surface area contributed by atoms with Crippen molar-refractivity contribution in [2.45, 2.75) is 55.5 Å². The van der Waals surface area contributed by atoms with Crippen molar-refractivity contribution in [3.8, 4) is 0 Å². The van der Waals surface area contributed by atoms with E-state index < -0.39 is 48.3 Å². The normalized spacial score (nSPS) is 23.8. The van der Waals surface area contributed by atoms with Crippen molar-refractivity contribution >= 4 is 16.9 Å². The van der Waals surface area contributed by atoms with Crippen LogP contribution in [0.5, 0.6) is 0 Å². The van der Waals surface area contributed by atoms with Crippen LogP contribution in [0.4, 0.5) is 26.3 Å². The summed E-state index contributed by atoms with van der Waals surface area (Å²) in [6.45, 7) is -0.580. The predicted molar refractivity (Wildman–Crippen MR) is 99.0 cm³/mol. The van der Waals surface area contributed by atoms with Gasteiger partial charge in [0.1, 0.15) is 5.44 Å². The van der Waals surface area contributed by atoms with E-state index in [1.165, 1.54) is 4.90 Å². The molecule has 0 aromatic heterocycles. The fourth-order valence-corrected chi connectivity index (χ4v) is 3.76. The molecule has 0 radical (unpaired) electrons. The first-order valence-corrected chi connectivity index (χ1v) is 9.76. The van der Waals surface area contributed by atoms with Crippen LogP contribution in [-0.4, -0.2) is 59.2 Å². The molecule has 0 saturated carbocycles. The van der Waals surface area contributed by atoms with Crippen LogP contribution < -0.4 is 0 Å². The highest BCUT2D eigenvalue weighted by molar-refractivity contribution is 8.14. The van der Waals surface area contributed by atoms with Gasteiger partial charge in [0, 0.05) is 26.9 Å². The Morgan fingerprint density at radius 3 is 2.30 bits per heavy atom. The maximum absolute atomic E-state index is 13.6. The average Bonchev–Trinajstić information content (AvgIpc) is 2.59. The molecule has 1 aromatic rings. The van der Waals surface area contributed by atoms with Gasteiger partial charge in [-0.25, -0.2) is 0 Å². The van der Waals surface area contributed by atoms with Crippen LogP contribution in [-0.2, 0) is 22.3 Å². The molecule has 12 heteroatoms. The lowest BCUT2D eigenvalue weighted by Crippen LogP contribution is -2.49. The molecule has 1 aliphatic heterocycles. The molecule has 1 unspecified atom stereocenters. The van der Waals surface area contributed by atoms with Gasteiger partial charge < -0.3 is 19.5 Å². The summed E-state index contributed by atoms with van der Waals surface area (Å²) < 4.78 is 89.0. The molecule has 2 N–H and O–H groups in total. The first-order valence-electron chi connectivity index (χ1n) is 8.88. The van der Waals surface area contributed by atoms with Crippen molar-refractivity contribution in [1.82, 2.24) is 4.90 Å². The Labute approximate surface area is 173 Å². The van der Waals surface area contributed by atoms with Crippen molar-refractivity contribution in [1.29, 1.82) is 5.41 Å². The van der Waals surface area contributed by atoms with Gasteiger partial charge in [-0.2, -0.15) is 26.3 Å². The monoisotopic (exact) mass is 460 g/mol. The SMILES string of the molecule is CN(C)C(=N)SC1C[C@@H](O)C[C@@H]([C@@H](OCc2ccc(C(F)(F)F)cc2)C(F)(F)F)O1. The second kappa shape index (κ2) is 9.75. The number of aliphatic hydroxyl groups excluding tert-OH is 1. The van der Waals surface area contributed by atoms with Crippen LogP contribution in [0, 0.1) is 5.41 Å². The fourth-order valence-electron chi connectivity index (χ4n) is 2.78. The lowest BCUT2D eigenvalue weighted by atomic mass is 10.0. The molecule has 170 valence electrons. The van der Waals surface area contributed by atoms with Crippen molar-refractivity contribution in [2.24, 2.45) is 0 Å². The van der Waals surface area contributed by atoms with Gasteiger partial charge in [-0.1, -0.05) is 23.9 Å². The molecule has 2 rings (SSSR count). The van der Waals surface area contributed by atoms with E-state index in [0.29, 0.717) is 0 Å². The molecule has 1 aromatic carbocycles. The number of nitrogens with zero attached hydrogens (tertiary/aromatic N) is 1. The van der Waals surface area contributed by atoms with Gasteiger partial charge in [0.05, 0.1) is 24.4 Å². The van der Waals surface area contributed by atoms with Gasteiger partial charge in [-0.15, -0.1) is 0 Å². The number of nitrogens with one attached hydrogen (secondary N) is 1. The molecule has 1 saturated heterocycles. The summed E-state index contributed by atoms with van der Waals surface area (Å²) in [5.74, 6) is 0. The second-order valence-electron chi connectivity index (χ2n) is 7.01. The predicted octanol–water partition coefficient (Wildman–Crippen LogP) is 4.25. The summed E-state index contributed by atoms with van der Waals surface area (Å²) in [5.41, 5.74) is -1.65. The molecule has 0 aliphatic carbocycles. The zero-order valence-corrected chi connectivity index (χ0v) is 16.9. The van der Waals surface area contributed by atoms with Crippen molar-refractivity contribution in [2.75, 3.05) is 14.1 Å². The van der Waals surface area contributed by atoms with E-state index in [-0.39, 0.29) is 23.6 Å². The van der Waals surface area contributed by atoms with Crippen LogP contribution >= 0.6 is 11.8 Å². The Morgan fingerprint density at radius 2 is 1.80 bits per heavy atom. The number of amidine groups is 1. The highest BCUT2D eigenvalue weighted by Gasteiger charge is 2.49.